The molecule has 2 heterocycles. The number of benzene rings is 2. The van der Waals surface area contributed by atoms with Gasteiger partial charge in [0.15, 0.2) is 11.5 Å². The van der Waals surface area contributed by atoms with Crippen molar-refractivity contribution < 1.29 is 14.3 Å². The van der Waals surface area contributed by atoms with Crippen LogP contribution in [0.5, 0.6) is 11.5 Å². The molecular formula is C28H27N3O3. The molecule has 0 radical (unpaired) electrons. The first kappa shape index (κ1) is 23.0. The Morgan fingerprint density at radius 1 is 0.882 bits per heavy atom. The first-order valence-corrected chi connectivity index (χ1v) is 11.2. The highest BCUT2D eigenvalue weighted by Gasteiger charge is 2.09. The van der Waals surface area contributed by atoms with Gasteiger partial charge < -0.3 is 14.8 Å². The number of nitrogens with zero attached hydrogens (tertiary/aromatic N) is 2. The molecule has 0 spiro atoms. The summed E-state index contributed by atoms with van der Waals surface area (Å²) in [5.41, 5.74) is 4.86. The average molecular weight is 454 g/mol. The summed E-state index contributed by atoms with van der Waals surface area (Å²) in [6.07, 6.45) is 6.24. The molecule has 0 aliphatic rings. The van der Waals surface area contributed by atoms with Crippen LogP contribution in [0.1, 0.15) is 23.1 Å². The molecule has 0 saturated heterocycles. The Balaban J connectivity index is 1.30. The van der Waals surface area contributed by atoms with Crippen molar-refractivity contribution in [1.82, 2.24) is 15.3 Å². The molecule has 0 aliphatic heterocycles. The number of ether oxygens (including phenoxy) is 2. The van der Waals surface area contributed by atoms with E-state index < -0.39 is 0 Å². The molecule has 1 amide bonds. The van der Waals surface area contributed by atoms with Gasteiger partial charge in [-0.15, -0.1) is 0 Å². The molecule has 34 heavy (non-hydrogen) atoms. The lowest BCUT2D eigenvalue weighted by Gasteiger charge is -2.13. The second kappa shape index (κ2) is 11.6. The Morgan fingerprint density at radius 2 is 1.76 bits per heavy atom. The summed E-state index contributed by atoms with van der Waals surface area (Å²) in [6.45, 7) is 0.900. The summed E-state index contributed by atoms with van der Waals surface area (Å²) in [7, 11) is 1.62. The van der Waals surface area contributed by atoms with Crippen molar-refractivity contribution in [2.45, 2.75) is 26.0 Å². The molecule has 2 aromatic carbocycles. The zero-order valence-electron chi connectivity index (χ0n) is 19.1. The molecule has 1 N–H and O–H groups in total. The highest BCUT2D eigenvalue weighted by Crippen LogP contribution is 2.29. The number of nitrogens with one attached hydrogen (secondary N) is 1. The van der Waals surface area contributed by atoms with E-state index in [1.54, 1.807) is 25.7 Å². The third-order valence-electron chi connectivity index (χ3n) is 5.38. The fourth-order valence-electron chi connectivity index (χ4n) is 3.53. The summed E-state index contributed by atoms with van der Waals surface area (Å²) in [4.78, 5) is 21.0. The summed E-state index contributed by atoms with van der Waals surface area (Å²) in [6, 6.07) is 23.5. The average Bonchev–Trinajstić information content (AvgIpc) is 2.91. The highest BCUT2D eigenvalue weighted by atomic mass is 16.5. The number of aromatic nitrogens is 2. The van der Waals surface area contributed by atoms with Crippen LogP contribution in [0.2, 0.25) is 0 Å². The molecule has 2 aromatic heterocycles. The third-order valence-corrected chi connectivity index (χ3v) is 5.38. The largest absolute Gasteiger partial charge is 0.493 e. The SMILES string of the molecule is COc1ccc(CCC(=O)NCc2ccnc(-c3cccnc3)c2)cc1OCc1ccccc1. The number of carbonyl (C=O) groups excluding carboxylic acids is 1. The zero-order valence-corrected chi connectivity index (χ0v) is 19.1. The van der Waals surface area contributed by atoms with Crippen LogP contribution < -0.4 is 14.8 Å². The molecular weight excluding hydrogens is 426 g/mol. The predicted molar refractivity (Wildman–Crippen MR) is 131 cm³/mol. The van der Waals surface area contributed by atoms with Crippen LogP contribution in [0, 0.1) is 0 Å². The topological polar surface area (TPSA) is 73.3 Å². The van der Waals surface area contributed by atoms with Crippen molar-refractivity contribution in [3.05, 3.63) is 108 Å². The minimum absolute atomic E-state index is 0.0117. The number of rotatable bonds is 10. The lowest BCUT2D eigenvalue weighted by molar-refractivity contribution is -0.121. The van der Waals surface area contributed by atoms with Gasteiger partial charge in [-0.05, 0) is 59.5 Å². The van der Waals surface area contributed by atoms with Crippen LogP contribution in [0.4, 0.5) is 0 Å². The molecule has 4 aromatic rings. The third kappa shape index (κ3) is 6.42. The first-order chi connectivity index (χ1) is 16.7. The Labute approximate surface area is 199 Å². The molecule has 6 nitrogen and oxygen atoms in total. The van der Waals surface area contributed by atoms with Crippen LogP contribution in [-0.4, -0.2) is 23.0 Å². The summed E-state index contributed by atoms with van der Waals surface area (Å²) < 4.78 is 11.4. The van der Waals surface area contributed by atoms with E-state index in [0.29, 0.717) is 37.5 Å². The normalized spacial score (nSPS) is 10.5. The van der Waals surface area contributed by atoms with E-state index in [1.807, 2.05) is 72.8 Å². The van der Waals surface area contributed by atoms with Crippen LogP contribution in [0.25, 0.3) is 11.3 Å². The van der Waals surface area contributed by atoms with Gasteiger partial charge in [0.2, 0.25) is 5.91 Å². The molecule has 0 aliphatic carbocycles. The fraction of sp³-hybridized carbons (Fsp3) is 0.179. The maximum atomic E-state index is 12.5. The Hall–Kier alpha value is -4.19. The molecule has 0 atom stereocenters. The van der Waals surface area contributed by atoms with E-state index in [2.05, 4.69) is 15.3 Å². The minimum atomic E-state index is -0.0117. The van der Waals surface area contributed by atoms with Gasteiger partial charge in [0.05, 0.1) is 12.8 Å². The Kier molecular flexibility index (Phi) is 7.85. The van der Waals surface area contributed by atoms with Gasteiger partial charge in [-0.2, -0.15) is 0 Å². The zero-order chi connectivity index (χ0) is 23.6. The van der Waals surface area contributed by atoms with Crippen molar-refractivity contribution in [1.29, 1.82) is 0 Å². The van der Waals surface area contributed by atoms with Gasteiger partial charge in [0, 0.05) is 37.1 Å². The number of hydrogen-bond donors (Lipinski definition) is 1. The second-order valence-corrected chi connectivity index (χ2v) is 7.83. The van der Waals surface area contributed by atoms with Crippen LogP contribution >= 0.6 is 0 Å². The van der Waals surface area contributed by atoms with E-state index in [4.69, 9.17) is 9.47 Å². The Bertz CT molecular complexity index is 1210. The molecule has 0 saturated carbocycles. The van der Waals surface area contributed by atoms with Crippen LogP contribution in [0.15, 0.2) is 91.4 Å². The van der Waals surface area contributed by atoms with Gasteiger partial charge in [0.1, 0.15) is 6.61 Å². The molecule has 0 unspecified atom stereocenters. The van der Waals surface area contributed by atoms with E-state index in [0.717, 1.165) is 27.9 Å². The van der Waals surface area contributed by atoms with Crippen molar-refractivity contribution in [2.75, 3.05) is 7.11 Å². The maximum absolute atomic E-state index is 12.5. The summed E-state index contributed by atoms with van der Waals surface area (Å²) in [5, 5.41) is 2.99. The van der Waals surface area contributed by atoms with E-state index >= 15 is 0 Å². The fourth-order valence-corrected chi connectivity index (χ4v) is 3.53. The van der Waals surface area contributed by atoms with Crippen molar-refractivity contribution in [3.63, 3.8) is 0 Å². The monoisotopic (exact) mass is 453 g/mol. The van der Waals surface area contributed by atoms with Crippen molar-refractivity contribution >= 4 is 5.91 Å². The van der Waals surface area contributed by atoms with E-state index in [-0.39, 0.29) is 5.91 Å². The molecule has 172 valence electrons. The quantitative estimate of drug-likeness (QED) is 0.367. The molecule has 6 heteroatoms. The summed E-state index contributed by atoms with van der Waals surface area (Å²) >= 11 is 0. The minimum Gasteiger partial charge on any atom is -0.493 e. The smallest absolute Gasteiger partial charge is 0.220 e. The molecule has 0 fully saturated rings. The number of hydrogen-bond acceptors (Lipinski definition) is 5. The van der Waals surface area contributed by atoms with Crippen LogP contribution in [0.3, 0.4) is 0 Å². The van der Waals surface area contributed by atoms with Crippen LogP contribution in [-0.2, 0) is 24.4 Å². The van der Waals surface area contributed by atoms with E-state index in [9.17, 15) is 4.79 Å². The lowest BCUT2D eigenvalue weighted by atomic mass is 10.1. The predicted octanol–water partition coefficient (Wildman–Crippen LogP) is 4.98. The number of carbonyl (C=O) groups is 1. The number of aryl methyl sites for hydroxylation is 1. The molecule has 4 rings (SSSR count). The summed E-state index contributed by atoms with van der Waals surface area (Å²) in [5.74, 6) is 1.33. The van der Waals surface area contributed by atoms with Gasteiger partial charge in [-0.1, -0.05) is 36.4 Å². The standard InChI is InChI=1S/C28H27N3O3/c1-33-26-11-9-21(17-27(26)34-20-22-6-3-2-4-7-22)10-12-28(32)31-18-23-13-15-30-25(16-23)24-8-5-14-29-19-24/h2-9,11,13-17,19H,10,12,18,20H2,1H3,(H,31,32). The van der Waals surface area contributed by atoms with E-state index in [1.165, 1.54) is 0 Å². The second-order valence-electron chi connectivity index (χ2n) is 7.83. The number of pyridine rings is 2. The van der Waals surface area contributed by atoms with Gasteiger partial charge in [-0.3, -0.25) is 14.8 Å². The van der Waals surface area contributed by atoms with Gasteiger partial charge in [0.25, 0.3) is 0 Å². The first-order valence-electron chi connectivity index (χ1n) is 11.2. The lowest BCUT2D eigenvalue weighted by Crippen LogP contribution is -2.23. The van der Waals surface area contributed by atoms with Gasteiger partial charge >= 0.3 is 0 Å². The van der Waals surface area contributed by atoms with Crippen molar-refractivity contribution in [3.8, 4) is 22.8 Å². The number of methoxy groups -OCH3 is 1. The maximum Gasteiger partial charge on any atom is 0.220 e. The van der Waals surface area contributed by atoms with Crippen molar-refractivity contribution in [2.24, 2.45) is 0 Å². The number of amides is 1. The highest BCUT2D eigenvalue weighted by molar-refractivity contribution is 5.76. The molecule has 0 bridgehead atoms. The Morgan fingerprint density at radius 3 is 2.56 bits per heavy atom. The van der Waals surface area contributed by atoms with Gasteiger partial charge in [-0.25, -0.2) is 0 Å².